The van der Waals surface area contributed by atoms with Crippen LogP contribution in [0.1, 0.15) is 34.0 Å². The topological polar surface area (TPSA) is 127 Å². The number of benzene rings is 3. The van der Waals surface area contributed by atoms with Crippen molar-refractivity contribution in [2.75, 3.05) is 25.4 Å². The molecular formula is C32H31N7O4S. The zero-order valence-electron chi connectivity index (χ0n) is 24.6. The van der Waals surface area contributed by atoms with E-state index in [-0.39, 0.29) is 34.9 Å². The highest BCUT2D eigenvalue weighted by Crippen LogP contribution is 2.29. The van der Waals surface area contributed by atoms with Gasteiger partial charge in [0, 0.05) is 54.8 Å². The molecule has 0 aliphatic carbocycles. The van der Waals surface area contributed by atoms with E-state index in [1.807, 2.05) is 32.0 Å². The molecule has 11 nitrogen and oxygen atoms in total. The molecular weight excluding hydrogens is 578 g/mol. The molecule has 3 heterocycles. The Morgan fingerprint density at radius 1 is 1.02 bits per heavy atom. The van der Waals surface area contributed by atoms with Gasteiger partial charge in [-0.25, -0.2) is 4.98 Å². The molecule has 0 N–H and O–H groups in total. The number of aryl methyl sites for hydroxylation is 2. The van der Waals surface area contributed by atoms with Gasteiger partial charge in [-0.1, -0.05) is 59.8 Å². The Labute approximate surface area is 258 Å². The van der Waals surface area contributed by atoms with E-state index in [0.29, 0.717) is 36.9 Å². The van der Waals surface area contributed by atoms with Gasteiger partial charge >= 0.3 is 0 Å². The summed E-state index contributed by atoms with van der Waals surface area (Å²) in [7, 11) is 0. The van der Waals surface area contributed by atoms with Crippen LogP contribution in [-0.4, -0.2) is 77.7 Å². The van der Waals surface area contributed by atoms with Gasteiger partial charge in [-0.2, -0.15) is 0 Å². The van der Waals surface area contributed by atoms with E-state index in [4.69, 9.17) is 4.98 Å². The maximum atomic E-state index is 13.2. The third kappa shape index (κ3) is 5.72. The number of thioether (sulfide) groups is 1. The predicted octanol–water partition coefficient (Wildman–Crippen LogP) is 5.02. The van der Waals surface area contributed by atoms with Gasteiger partial charge in [0.05, 0.1) is 16.2 Å². The van der Waals surface area contributed by atoms with Gasteiger partial charge in [0.2, 0.25) is 11.1 Å². The van der Waals surface area contributed by atoms with Crippen molar-refractivity contribution in [2.45, 2.75) is 38.5 Å². The van der Waals surface area contributed by atoms with Crippen LogP contribution in [0.2, 0.25) is 0 Å². The second-order valence-corrected chi connectivity index (χ2v) is 12.0. The first-order valence-corrected chi connectivity index (χ1v) is 15.3. The standard InChI is InChI=1S/C32H31N7O4S/c1-20-9-12-26-25(15-20)29-30(38(26)18-23-7-5-4-6-8-23)33-32(35-34-29)44-19-28(40)36-13-14-37(22(3)17-36)31(41)24-11-10-21(2)27(16-24)39(42)43/h4-12,15-16,22H,13-14,17-19H2,1-3H3. The second kappa shape index (κ2) is 12.0. The Balaban J connectivity index is 1.15. The number of hydrogen-bond acceptors (Lipinski definition) is 8. The number of amides is 2. The first kappa shape index (κ1) is 29.2. The van der Waals surface area contributed by atoms with E-state index in [1.54, 1.807) is 28.9 Å². The Kier molecular flexibility index (Phi) is 8.00. The van der Waals surface area contributed by atoms with E-state index in [2.05, 4.69) is 45.1 Å². The summed E-state index contributed by atoms with van der Waals surface area (Å²) < 4.78 is 2.14. The maximum absolute atomic E-state index is 13.2. The van der Waals surface area contributed by atoms with Crippen molar-refractivity contribution >= 4 is 51.3 Å². The number of hydrogen-bond donors (Lipinski definition) is 0. The summed E-state index contributed by atoms with van der Waals surface area (Å²) in [6.07, 6.45) is 0. The van der Waals surface area contributed by atoms with Gasteiger partial charge < -0.3 is 14.4 Å². The molecule has 1 saturated heterocycles. The van der Waals surface area contributed by atoms with Crippen molar-refractivity contribution in [2.24, 2.45) is 0 Å². The van der Waals surface area contributed by atoms with Crippen molar-refractivity contribution in [3.05, 3.63) is 99.1 Å². The Bertz CT molecular complexity index is 1910. The van der Waals surface area contributed by atoms with Gasteiger partial charge in [0.1, 0.15) is 5.52 Å². The molecule has 1 aliphatic heterocycles. The number of piperazine rings is 1. The maximum Gasteiger partial charge on any atom is 0.273 e. The number of fused-ring (bicyclic) bond motifs is 3. The van der Waals surface area contributed by atoms with Crippen LogP contribution in [0.4, 0.5) is 5.69 Å². The van der Waals surface area contributed by atoms with Crippen LogP contribution in [0.5, 0.6) is 0 Å². The largest absolute Gasteiger partial charge is 0.338 e. The summed E-state index contributed by atoms with van der Waals surface area (Å²) in [5.41, 5.74) is 5.42. The fourth-order valence-electron chi connectivity index (χ4n) is 5.65. The van der Waals surface area contributed by atoms with E-state index in [0.717, 1.165) is 33.2 Å². The molecule has 0 spiro atoms. The SMILES string of the molecule is Cc1ccc2c(c1)c1nnc(SCC(=O)N3CCN(C(=O)c4ccc(C)c([N+](=O)[O-])c4)C(C)C3)nc1n2Cc1ccccc1. The van der Waals surface area contributed by atoms with Crippen LogP contribution < -0.4 is 0 Å². The van der Waals surface area contributed by atoms with E-state index < -0.39 is 4.92 Å². The Morgan fingerprint density at radius 3 is 2.57 bits per heavy atom. The van der Waals surface area contributed by atoms with Crippen molar-refractivity contribution in [3.63, 3.8) is 0 Å². The van der Waals surface area contributed by atoms with Gasteiger partial charge in [0.15, 0.2) is 5.65 Å². The fraction of sp³-hybridized carbons (Fsp3) is 0.281. The number of nitrogens with zero attached hydrogens (tertiary/aromatic N) is 7. The predicted molar refractivity (Wildman–Crippen MR) is 169 cm³/mol. The molecule has 1 aliphatic rings. The lowest BCUT2D eigenvalue weighted by atomic mass is 10.1. The minimum atomic E-state index is -0.482. The summed E-state index contributed by atoms with van der Waals surface area (Å²) in [5.74, 6) is -0.226. The lowest BCUT2D eigenvalue weighted by Gasteiger charge is -2.40. The molecule has 0 bridgehead atoms. The third-order valence-corrected chi connectivity index (χ3v) is 8.83. The van der Waals surface area contributed by atoms with Gasteiger partial charge in [-0.05, 0) is 44.5 Å². The number of nitro benzene ring substituents is 1. The monoisotopic (exact) mass is 609 g/mol. The van der Waals surface area contributed by atoms with Gasteiger partial charge in [-0.15, -0.1) is 10.2 Å². The molecule has 44 heavy (non-hydrogen) atoms. The molecule has 12 heteroatoms. The van der Waals surface area contributed by atoms with Crippen molar-refractivity contribution < 1.29 is 14.5 Å². The molecule has 2 amide bonds. The first-order chi connectivity index (χ1) is 21.2. The number of rotatable bonds is 7. The smallest absolute Gasteiger partial charge is 0.273 e. The molecule has 224 valence electrons. The molecule has 1 atom stereocenters. The van der Waals surface area contributed by atoms with Crippen molar-refractivity contribution in [1.29, 1.82) is 0 Å². The van der Waals surface area contributed by atoms with Crippen molar-refractivity contribution in [3.8, 4) is 0 Å². The van der Waals surface area contributed by atoms with Crippen LogP contribution in [-0.2, 0) is 11.3 Å². The molecule has 0 radical (unpaired) electrons. The van der Waals surface area contributed by atoms with Crippen LogP contribution >= 0.6 is 11.8 Å². The van der Waals surface area contributed by atoms with Crippen LogP contribution in [0.3, 0.4) is 0 Å². The van der Waals surface area contributed by atoms with E-state index in [9.17, 15) is 19.7 Å². The molecule has 2 aromatic heterocycles. The summed E-state index contributed by atoms with van der Waals surface area (Å²) in [6.45, 7) is 7.25. The van der Waals surface area contributed by atoms with Crippen molar-refractivity contribution in [1.82, 2.24) is 29.5 Å². The Morgan fingerprint density at radius 2 is 1.82 bits per heavy atom. The average Bonchev–Trinajstić information content (AvgIpc) is 3.31. The lowest BCUT2D eigenvalue weighted by Crippen LogP contribution is -2.55. The number of nitro groups is 1. The second-order valence-electron chi connectivity index (χ2n) is 11.1. The minimum absolute atomic E-state index is 0.0796. The summed E-state index contributed by atoms with van der Waals surface area (Å²) in [6, 6.07) is 20.7. The highest BCUT2D eigenvalue weighted by Gasteiger charge is 2.31. The average molecular weight is 610 g/mol. The zero-order chi connectivity index (χ0) is 31.0. The summed E-state index contributed by atoms with van der Waals surface area (Å²) in [4.78, 5) is 45.5. The molecule has 5 aromatic rings. The third-order valence-electron chi connectivity index (χ3n) is 8.00. The van der Waals surface area contributed by atoms with E-state index in [1.165, 1.54) is 17.8 Å². The quantitative estimate of drug-likeness (QED) is 0.143. The highest BCUT2D eigenvalue weighted by atomic mass is 32.2. The molecule has 0 saturated carbocycles. The minimum Gasteiger partial charge on any atom is -0.338 e. The van der Waals surface area contributed by atoms with Crippen LogP contribution in [0.15, 0.2) is 71.9 Å². The Hall–Kier alpha value is -4.84. The number of carbonyl (C=O) groups is 2. The first-order valence-electron chi connectivity index (χ1n) is 14.3. The van der Waals surface area contributed by atoms with Gasteiger partial charge in [-0.3, -0.25) is 19.7 Å². The molecule has 1 fully saturated rings. The number of aromatic nitrogens is 4. The normalized spacial score (nSPS) is 15.2. The highest BCUT2D eigenvalue weighted by molar-refractivity contribution is 7.99. The molecule has 3 aromatic carbocycles. The lowest BCUT2D eigenvalue weighted by molar-refractivity contribution is -0.385. The number of carbonyl (C=O) groups excluding carboxylic acids is 2. The van der Waals surface area contributed by atoms with Gasteiger partial charge in [0.25, 0.3) is 11.6 Å². The summed E-state index contributed by atoms with van der Waals surface area (Å²) >= 11 is 1.24. The van der Waals surface area contributed by atoms with E-state index >= 15 is 0 Å². The fourth-order valence-corrected chi connectivity index (χ4v) is 6.34. The van der Waals surface area contributed by atoms with Crippen LogP contribution in [0.25, 0.3) is 22.1 Å². The molecule has 1 unspecified atom stereocenters. The summed E-state index contributed by atoms with van der Waals surface area (Å²) in [5, 5.41) is 21.6. The zero-order valence-corrected chi connectivity index (χ0v) is 25.5. The molecule has 6 rings (SSSR count). The van der Waals surface area contributed by atoms with Crippen LogP contribution in [0, 0.1) is 24.0 Å².